The molecule has 0 radical (unpaired) electrons. The highest BCUT2D eigenvalue weighted by atomic mass is 32.1. The fourth-order valence-corrected chi connectivity index (χ4v) is 4.23. The van der Waals surface area contributed by atoms with Gasteiger partial charge in [-0.1, -0.05) is 18.2 Å². The Bertz CT molecular complexity index is 726. The van der Waals surface area contributed by atoms with Crippen LogP contribution in [0.4, 0.5) is 0 Å². The summed E-state index contributed by atoms with van der Waals surface area (Å²) in [5, 5.41) is 5.18. The van der Waals surface area contributed by atoms with Crippen LogP contribution in [0.1, 0.15) is 17.7 Å². The molecule has 1 atom stereocenters. The zero-order valence-corrected chi connectivity index (χ0v) is 15.5. The number of rotatable bonds is 5. The molecule has 1 unspecified atom stereocenters. The van der Waals surface area contributed by atoms with Gasteiger partial charge in [-0.25, -0.2) is 0 Å². The second-order valence-corrected chi connectivity index (χ2v) is 7.94. The number of nitrogens with one attached hydrogen (secondary N) is 1. The van der Waals surface area contributed by atoms with Gasteiger partial charge in [0, 0.05) is 18.0 Å². The molecule has 1 fully saturated rings. The summed E-state index contributed by atoms with van der Waals surface area (Å²) >= 11 is 1.82. The van der Waals surface area contributed by atoms with Gasteiger partial charge in [0.2, 0.25) is 6.10 Å². The summed E-state index contributed by atoms with van der Waals surface area (Å²) in [4.78, 5) is 16.3. The molecule has 0 aliphatic carbocycles. The van der Waals surface area contributed by atoms with E-state index in [0.29, 0.717) is 24.0 Å². The third-order valence-electron chi connectivity index (χ3n) is 5.03. The van der Waals surface area contributed by atoms with E-state index in [2.05, 4.69) is 27.7 Å². The monoisotopic (exact) mass is 372 g/mol. The van der Waals surface area contributed by atoms with Crippen LogP contribution in [-0.2, 0) is 11.3 Å². The summed E-state index contributed by atoms with van der Waals surface area (Å²) in [7, 11) is 0. The van der Waals surface area contributed by atoms with Gasteiger partial charge in [-0.05, 0) is 55.4 Å². The average molecular weight is 372 g/mol. The topological polar surface area (TPSA) is 50.8 Å². The molecule has 6 heteroatoms. The summed E-state index contributed by atoms with van der Waals surface area (Å²) < 4.78 is 11.4. The quantitative estimate of drug-likeness (QED) is 0.877. The van der Waals surface area contributed by atoms with Gasteiger partial charge >= 0.3 is 0 Å². The second-order valence-electron chi connectivity index (χ2n) is 6.91. The van der Waals surface area contributed by atoms with Crippen molar-refractivity contribution in [3.8, 4) is 11.5 Å². The van der Waals surface area contributed by atoms with E-state index in [4.69, 9.17) is 9.47 Å². The number of amides is 1. The summed E-state index contributed by atoms with van der Waals surface area (Å²) in [5.41, 5.74) is 0. The minimum atomic E-state index is -0.566. The Kier molecular flexibility index (Phi) is 5.41. The first-order chi connectivity index (χ1) is 12.8. The molecule has 5 nitrogen and oxygen atoms in total. The zero-order valence-electron chi connectivity index (χ0n) is 14.7. The van der Waals surface area contributed by atoms with Crippen molar-refractivity contribution in [3.05, 3.63) is 46.7 Å². The van der Waals surface area contributed by atoms with Crippen LogP contribution in [0.3, 0.4) is 0 Å². The van der Waals surface area contributed by atoms with Gasteiger partial charge in [-0.3, -0.25) is 9.69 Å². The van der Waals surface area contributed by atoms with Crippen molar-refractivity contribution in [2.45, 2.75) is 25.5 Å². The highest BCUT2D eigenvalue weighted by Gasteiger charge is 2.28. The summed E-state index contributed by atoms with van der Waals surface area (Å²) in [5.74, 6) is 1.80. The largest absolute Gasteiger partial charge is 0.485 e. The summed E-state index contributed by atoms with van der Waals surface area (Å²) in [6.07, 6.45) is 1.68. The molecule has 0 saturated carbocycles. The van der Waals surface area contributed by atoms with Gasteiger partial charge in [-0.15, -0.1) is 11.3 Å². The molecule has 138 valence electrons. The third-order valence-corrected chi connectivity index (χ3v) is 5.89. The van der Waals surface area contributed by atoms with Crippen LogP contribution in [0.5, 0.6) is 11.5 Å². The normalized spacial score (nSPS) is 20.7. The smallest absolute Gasteiger partial charge is 0.264 e. The van der Waals surface area contributed by atoms with Crippen molar-refractivity contribution in [2.24, 2.45) is 5.92 Å². The Hall–Kier alpha value is -2.05. The van der Waals surface area contributed by atoms with Crippen LogP contribution in [-0.4, -0.2) is 43.2 Å². The second kappa shape index (κ2) is 8.10. The molecule has 4 rings (SSSR count). The fourth-order valence-electron chi connectivity index (χ4n) is 3.48. The van der Waals surface area contributed by atoms with Gasteiger partial charge in [0.25, 0.3) is 5.91 Å². The summed E-state index contributed by atoms with van der Waals surface area (Å²) in [6, 6.07) is 11.8. The van der Waals surface area contributed by atoms with E-state index in [1.165, 1.54) is 4.88 Å². The Morgan fingerprint density at radius 3 is 2.73 bits per heavy atom. The van der Waals surface area contributed by atoms with E-state index in [1.807, 2.05) is 35.6 Å². The van der Waals surface area contributed by atoms with Gasteiger partial charge in [0.05, 0.1) is 0 Å². The van der Waals surface area contributed by atoms with Crippen molar-refractivity contribution in [2.75, 3.05) is 26.2 Å². The lowest BCUT2D eigenvalue weighted by Crippen LogP contribution is -2.46. The molecule has 1 amide bonds. The maximum absolute atomic E-state index is 12.4. The van der Waals surface area contributed by atoms with E-state index in [0.717, 1.165) is 32.5 Å². The van der Waals surface area contributed by atoms with E-state index >= 15 is 0 Å². The minimum Gasteiger partial charge on any atom is -0.485 e. The van der Waals surface area contributed by atoms with E-state index in [-0.39, 0.29) is 12.5 Å². The van der Waals surface area contributed by atoms with E-state index in [9.17, 15) is 4.79 Å². The number of piperidine rings is 1. The molecule has 2 aromatic rings. The van der Waals surface area contributed by atoms with Crippen LogP contribution in [0.15, 0.2) is 41.8 Å². The number of ether oxygens (including phenoxy) is 2. The number of fused-ring (bicyclic) bond motifs is 1. The van der Waals surface area contributed by atoms with Crippen molar-refractivity contribution in [1.82, 2.24) is 10.2 Å². The SMILES string of the molecule is O=C(NCC1CCN(Cc2cccs2)CC1)C1COc2ccccc2O1. The Labute approximate surface area is 157 Å². The van der Waals surface area contributed by atoms with Crippen molar-refractivity contribution < 1.29 is 14.3 Å². The number of para-hydroxylation sites is 2. The fraction of sp³-hybridized carbons (Fsp3) is 0.450. The van der Waals surface area contributed by atoms with Gasteiger partial charge < -0.3 is 14.8 Å². The molecule has 0 bridgehead atoms. The number of carbonyl (C=O) groups excluding carboxylic acids is 1. The lowest BCUT2D eigenvalue weighted by molar-refractivity contribution is -0.130. The van der Waals surface area contributed by atoms with Crippen LogP contribution in [0.25, 0.3) is 0 Å². The van der Waals surface area contributed by atoms with Gasteiger partial charge in [0.1, 0.15) is 6.61 Å². The predicted octanol–water partition coefficient (Wildman–Crippen LogP) is 2.92. The van der Waals surface area contributed by atoms with E-state index in [1.54, 1.807) is 0 Å². The van der Waals surface area contributed by atoms with Crippen molar-refractivity contribution in [1.29, 1.82) is 0 Å². The first kappa shape index (κ1) is 17.4. The highest BCUT2D eigenvalue weighted by molar-refractivity contribution is 7.09. The zero-order chi connectivity index (χ0) is 17.8. The maximum Gasteiger partial charge on any atom is 0.264 e. The summed E-state index contributed by atoms with van der Waals surface area (Å²) in [6.45, 7) is 4.21. The molecule has 2 aliphatic rings. The number of thiophene rings is 1. The van der Waals surface area contributed by atoms with E-state index < -0.39 is 6.10 Å². The lowest BCUT2D eigenvalue weighted by atomic mass is 9.96. The first-order valence-electron chi connectivity index (χ1n) is 9.19. The molecular formula is C20H24N2O3S. The lowest BCUT2D eigenvalue weighted by Gasteiger charge is -2.32. The number of benzene rings is 1. The van der Waals surface area contributed by atoms with Crippen molar-refractivity contribution >= 4 is 17.2 Å². The maximum atomic E-state index is 12.4. The van der Waals surface area contributed by atoms with Gasteiger partial charge in [-0.2, -0.15) is 0 Å². The Morgan fingerprint density at radius 2 is 1.96 bits per heavy atom. The van der Waals surface area contributed by atoms with Crippen LogP contribution in [0, 0.1) is 5.92 Å². The molecule has 1 N–H and O–H groups in total. The Balaban J connectivity index is 1.20. The van der Waals surface area contributed by atoms with Gasteiger partial charge in [0.15, 0.2) is 11.5 Å². The third kappa shape index (κ3) is 4.19. The molecule has 0 spiro atoms. The number of carbonyl (C=O) groups is 1. The molecule has 3 heterocycles. The number of hydrogen-bond acceptors (Lipinski definition) is 5. The van der Waals surface area contributed by atoms with Crippen LogP contribution >= 0.6 is 11.3 Å². The molecule has 1 aromatic carbocycles. The number of nitrogens with zero attached hydrogens (tertiary/aromatic N) is 1. The average Bonchev–Trinajstić information content (AvgIpc) is 3.20. The van der Waals surface area contributed by atoms with Crippen molar-refractivity contribution in [3.63, 3.8) is 0 Å². The minimum absolute atomic E-state index is 0.0829. The molecular weight excluding hydrogens is 348 g/mol. The molecule has 2 aliphatic heterocycles. The molecule has 1 aromatic heterocycles. The highest BCUT2D eigenvalue weighted by Crippen LogP contribution is 2.30. The molecule has 26 heavy (non-hydrogen) atoms. The van der Waals surface area contributed by atoms with Crippen LogP contribution in [0.2, 0.25) is 0 Å². The number of hydrogen-bond donors (Lipinski definition) is 1. The molecule has 1 saturated heterocycles. The standard InChI is InChI=1S/C20H24N2O3S/c23-20(19-14-24-17-5-1-2-6-18(17)25-19)21-12-15-7-9-22(10-8-15)13-16-4-3-11-26-16/h1-6,11,15,19H,7-10,12-14H2,(H,21,23). The Morgan fingerprint density at radius 1 is 1.15 bits per heavy atom. The predicted molar refractivity (Wildman–Crippen MR) is 102 cm³/mol. The number of likely N-dealkylation sites (tertiary alicyclic amines) is 1. The first-order valence-corrected chi connectivity index (χ1v) is 10.1. The van der Waals surface area contributed by atoms with Crippen LogP contribution < -0.4 is 14.8 Å².